The molecule has 1 aromatic heterocycles. The molecule has 0 aliphatic carbocycles. The lowest BCUT2D eigenvalue weighted by molar-refractivity contribution is 0.0688. The van der Waals surface area contributed by atoms with E-state index in [4.69, 9.17) is 9.47 Å². The second-order valence-electron chi connectivity index (χ2n) is 7.04. The zero-order valence-electron chi connectivity index (χ0n) is 17.2. The first-order valence-corrected chi connectivity index (χ1v) is 10.4. The van der Waals surface area contributed by atoms with Crippen LogP contribution in [-0.2, 0) is 13.2 Å². The van der Waals surface area contributed by atoms with Crippen LogP contribution in [0.3, 0.4) is 0 Å². The van der Waals surface area contributed by atoms with Gasteiger partial charge in [0.25, 0.3) is 5.91 Å². The Labute approximate surface area is 175 Å². The number of nitrogens with zero attached hydrogens (tertiary/aromatic N) is 2. The molecule has 0 radical (unpaired) electrons. The molecular weight excluding hydrogens is 384 g/mol. The van der Waals surface area contributed by atoms with Crippen LogP contribution in [0.5, 0.6) is 11.5 Å². The molecule has 0 N–H and O–H groups in total. The monoisotopic (exact) mass is 410 g/mol. The van der Waals surface area contributed by atoms with Crippen LogP contribution in [0.2, 0.25) is 0 Å². The van der Waals surface area contributed by atoms with Crippen LogP contribution < -0.4 is 9.47 Å². The van der Waals surface area contributed by atoms with E-state index < -0.39 is 0 Å². The Kier molecular flexibility index (Phi) is 6.88. The van der Waals surface area contributed by atoms with Crippen LogP contribution in [0.25, 0.3) is 0 Å². The number of thiazole rings is 1. The van der Waals surface area contributed by atoms with Gasteiger partial charge in [-0.05, 0) is 56.7 Å². The lowest BCUT2D eigenvalue weighted by Crippen LogP contribution is -2.36. The highest BCUT2D eigenvalue weighted by molar-refractivity contribution is 7.09. The Morgan fingerprint density at radius 3 is 2.52 bits per heavy atom. The molecule has 152 valence electrons. The van der Waals surface area contributed by atoms with Crippen LogP contribution in [-0.4, -0.2) is 28.9 Å². The van der Waals surface area contributed by atoms with Gasteiger partial charge in [-0.15, -0.1) is 11.3 Å². The molecule has 6 heteroatoms. The zero-order chi connectivity index (χ0) is 20.8. The minimum atomic E-state index is -0.0200. The first-order chi connectivity index (χ1) is 14.0. The van der Waals surface area contributed by atoms with Crippen molar-refractivity contribution in [3.8, 4) is 11.5 Å². The number of carbonyl (C=O) groups excluding carboxylic acids is 1. The van der Waals surface area contributed by atoms with Gasteiger partial charge in [0.15, 0.2) is 0 Å². The van der Waals surface area contributed by atoms with Gasteiger partial charge in [-0.25, -0.2) is 4.98 Å². The number of aryl methyl sites for hydroxylation is 1. The van der Waals surface area contributed by atoms with Gasteiger partial charge in [-0.1, -0.05) is 18.2 Å². The van der Waals surface area contributed by atoms with Crippen molar-refractivity contribution in [2.75, 3.05) is 7.11 Å². The predicted molar refractivity (Wildman–Crippen MR) is 116 cm³/mol. The topological polar surface area (TPSA) is 51.7 Å². The fourth-order valence-electron chi connectivity index (χ4n) is 2.91. The van der Waals surface area contributed by atoms with Crippen molar-refractivity contribution in [1.82, 2.24) is 9.88 Å². The third-order valence-electron chi connectivity index (χ3n) is 4.60. The van der Waals surface area contributed by atoms with Crippen LogP contribution in [0, 0.1) is 6.92 Å². The summed E-state index contributed by atoms with van der Waals surface area (Å²) in [6.45, 7) is 6.92. The van der Waals surface area contributed by atoms with Gasteiger partial charge in [0, 0.05) is 17.0 Å². The maximum absolute atomic E-state index is 13.0. The van der Waals surface area contributed by atoms with Gasteiger partial charge in [-0.3, -0.25) is 4.79 Å². The van der Waals surface area contributed by atoms with E-state index in [1.165, 1.54) is 0 Å². The number of rotatable bonds is 8. The Bertz CT molecular complexity index is 951. The molecule has 0 saturated heterocycles. The molecule has 5 nitrogen and oxygen atoms in total. The molecule has 0 atom stereocenters. The molecule has 1 heterocycles. The fourth-order valence-corrected chi connectivity index (χ4v) is 3.60. The van der Waals surface area contributed by atoms with Crippen LogP contribution in [0.4, 0.5) is 0 Å². The van der Waals surface area contributed by atoms with Gasteiger partial charge in [0.2, 0.25) is 0 Å². The van der Waals surface area contributed by atoms with Crippen molar-refractivity contribution in [3.63, 3.8) is 0 Å². The second-order valence-corrected chi connectivity index (χ2v) is 7.98. The highest BCUT2D eigenvalue weighted by Crippen LogP contribution is 2.21. The summed E-state index contributed by atoms with van der Waals surface area (Å²) >= 11 is 1.55. The molecule has 0 aliphatic rings. The average Bonchev–Trinajstić information content (AvgIpc) is 3.18. The van der Waals surface area contributed by atoms with Crippen LogP contribution >= 0.6 is 11.3 Å². The minimum Gasteiger partial charge on any atom is -0.497 e. The number of methoxy groups -OCH3 is 1. The van der Waals surface area contributed by atoms with E-state index in [0.717, 1.165) is 27.8 Å². The Morgan fingerprint density at radius 2 is 1.86 bits per heavy atom. The molecular formula is C23H26N2O3S. The van der Waals surface area contributed by atoms with E-state index in [2.05, 4.69) is 4.98 Å². The molecule has 0 bridgehead atoms. The molecule has 2 aromatic carbocycles. The number of hydrogen-bond donors (Lipinski definition) is 0. The first-order valence-electron chi connectivity index (χ1n) is 9.54. The molecule has 29 heavy (non-hydrogen) atoms. The number of aromatic nitrogens is 1. The van der Waals surface area contributed by atoms with Gasteiger partial charge in [0.05, 0.1) is 19.3 Å². The second kappa shape index (κ2) is 9.56. The number of amides is 1. The fraction of sp³-hybridized carbons (Fsp3) is 0.304. The van der Waals surface area contributed by atoms with Crippen molar-refractivity contribution in [3.05, 3.63) is 75.7 Å². The number of carbonyl (C=O) groups is 1. The Morgan fingerprint density at radius 1 is 1.14 bits per heavy atom. The van der Waals surface area contributed by atoms with Crippen molar-refractivity contribution >= 4 is 17.2 Å². The Hall–Kier alpha value is -2.86. The molecule has 0 spiro atoms. The van der Waals surface area contributed by atoms with E-state index >= 15 is 0 Å². The maximum atomic E-state index is 13.0. The summed E-state index contributed by atoms with van der Waals surface area (Å²) in [5.41, 5.74) is 2.60. The van der Waals surface area contributed by atoms with Gasteiger partial charge in [0.1, 0.15) is 23.1 Å². The summed E-state index contributed by atoms with van der Waals surface area (Å²) in [7, 11) is 1.61. The van der Waals surface area contributed by atoms with Crippen molar-refractivity contribution < 1.29 is 14.3 Å². The highest BCUT2D eigenvalue weighted by atomic mass is 32.1. The lowest BCUT2D eigenvalue weighted by Gasteiger charge is -2.26. The maximum Gasteiger partial charge on any atom is 0.254 e. The summed E-state index contributed by atoms with van der Waals surface area (Å²) in [6, 6.07) is 15.2. The molecule has 3 rings (SSSR count). The standard InChI is InChI=1S/C23H26N2O3S/c1-16(2)25(23(26)18-9-11-20(27-4)12-10-18)13-19-15-29-22(24-19)14-28-21-8-6-5-7-17(21)3/h5-12,15-16H,13-14H2,1-4H3. The summed E-state index contributed by atoms with van der Waals surface area (Å²) < 4.78 is 11.1. The van der Waals surface area contributed by atoms with E-state index in [9.17, 15) is 4.79 Å². The van der Waals surface area contributed by atoms with E-state index in [0.29, 0.717) is 18.7 Å². The highest BCUT2D eigenvalue weighted by Gasteiger charge is 2.20. The van der Waals surface area contributed by atoms with Crippen molar-refractivity contribution in [2.24, 2.45) is 0 Å². The molecule has 0 unspecified atom stereocenters. The minimum absolute atomic E-state index is 0.0200. The molecule has 1 amide bonds. The zero-order valence-corrected chi connectivity index (χ0v) is 18.0. The van der Waals surface area contributed by atoms with Gasteiger partial charge < -0.3 is 14.4 Å². The van der Waals surface area contributed by atoms with Crippen LogP contribution in [0.15, 0.2) is 53.9 Å². The normalized spacial score (nSPS) is 10.8. The molecule has 3 aromatic rings. The summed E-state index contributed by atoms with van der Waals surface area (Å²) in [5.74, 6) is 1.58. The summed E-state index contributed by atoms with van der Waals surface area (Å²) in [6.07, 6.45) is 0. The molecule has 0 aliphatic heterocycles. The summed E-state index contributed by atoms with van der Waals surface area (Å²) in [5, 5.41) is 2.89. The lowest BCUT2D eigenvalue weighted by atomic mass is 10.1. The predicted octanol–water partition coefficient (Wildman–Crippen LogP) is 5.09. The third-order valence-corrected chi connectivity index (χ3v) is 5.47. The van der Waals surface area contributed by atoms with E-state index in [1.807, 2.05) is 55.3 Å². The smallest absolute Gasteiger partial charge is 0.254 e. The van der Waals surface area contributed by atoms with Gasteiger partial charge in [-0.2, -0.15) is 0 Å². The number of benzene rings is 2. The Balaban J connectivity index is 1.66. The number of hydrogen-bond acceptors (Lipinski definition) is 5. The van der Waals surface area contributed by atoms with Crippen molar-refractivity contribution in [1.29, 1.82) is 0 Å². The molecule has 0 fully saturated rings. The molecule has 0 saturated carbocycles. The van der Waals surface area contributed by atoms with Crippen LogP contribution in [0.1, 0.15) is 40.5 Å². The van der Waals surface area contributed by atoms with E-state index in [-0.39, 0.29) is 11.9 Å². The largest absolute Gasteiger partial charge is 0.497 e. The number of ether oxygens (including phenoxy) is 2. The average molecular weight is 411 g/mol. The van der Waals surface area contributed by atoms with Gasteiger partial charge >= 0.3 is 0 Å². The number of para-hydroxylation sites is 1. The first kappa shape index (κ1) is 20.9. The SMILES string of the molecule is COc1ccc(C(=O)N(Cc2csc(COc3ccccc3C)n2)C(C)C)cc1. The van der Waals surface area contributed by atoms with Crippen molar-refractivity contribution in [2.45, 2.75) is 40.0 Å². The van der Waals surface area contributed by atoms with E-state index in [1.54, 1.807) is 42.7 Å². The third kappa shape index (κ3) is 5.35. The summed E-state index contributed by atoms with van der Waals surface area (Å²) in [4.78, 5) is 19.5. The quantitative estimate of drug-likeness (QED) is 0.519.